The molecule has 5 nitrogen and oxygen atoms in total. The Morgan fingerprint density at radius 3 is 2.33 bits per heavy atom. The van der Waals surface area contributed by atoms with Gasteiger partial charge in [0.25, 0.3) is 0 Å². The lowest BCUT2D eigenvalue weighted by Gasteiger charge is -2.32. The van der Waals surface area contributed by atoms with Crippen LogP contribution in [-0.4, -0.2) is 60.9 Å². The second-order valence-electron chi connectivity index (χ2n) is 5.77. The summed E-state index contributed by atoms with van der Waals surface area (Å²) in [5.74, 6) is -0.768. The van der Waals surface area contributed by atoms with Crippen LogP contribution in [0.2, 0.25) is 0 Å². The van der Waals surface area contributed by atoms with E-state index in [2.05, 4.69) is 24.1 Å². The van der Waals surface area contributed by atoms with Gasteiger partial charge in [0.1, 0.15) is 5.54 Å². The maximum absolute atomic E-state index is 11.4. The van der Waals surface area contributed by atoms with Crippen LogP contribution in [0.25, 0.3) is 0 Å². The fourth-order valence-electron chi connectivity index (χ4n) is 2.79. The zero-order chi connectivity index (χ0) is 16.3. The number of carboxylic acid groups (broad SMARTS) is 1. The van der Waals surface area contributed by atoms with E-state index in [4.69, 9.17) is 4.74 Å². The van der Waals surface area contributed by atoms with Crippen molar-refractivity contribution in [2.45, 2.75) is 65.0 Å². The Balaban J connectivity index is 4.48. The third kappa shape index (κ3) is 7.25. The van der Waals surface area contributed by atoms with Crippen molar-refractivity contribution in [1.82, 2.24) is 10.2 Å². The fraction of sp³-hybridized carbons (Fsp3) is 0.938. The summed E-state index contributed by atoms with van der Waals surface area (Å²) in [6.45, 7) is 11.3. The number of aliphatic carboxylic acids is 1. The van der Waals surface area contributed by atoms with Gasteiger partial charge in [-0.2, -0.15) is 0 Å². The average Bonchev–Trinajstić information content (AvgIpc) is 2.45. The van der Waals surface area contributed by atoms with Gasteiger partial charge in [-0.1, -0.05) is 20.8 Å². The van der Waals surface area contributed by atoms with Gasteiger partial charge in [0.15, 0.2) is 0 Å². The molecule has 0 aliphatic heterocycles. The average molecular weight is 302 g/mol. The van der Waals surface area contributed by atoms with Crippen molar-refractivity contribution in [3.8, 4) is 0 Å². The normalized spacial score (nSPS) is 14.6. The van der Waals surface area contributed by atoms with E-state index in [0.29, 0.717) is 19.0 Å². The topological polar surface area (TPSA) is 61.8 Å². The Hall–Kier alpha value is -0.650. The Morgan fingerprint density at radius 2 is 1.90 bits per heavy atom. The Bertz CT molecular complexity index is 283. The molecule has 0 aliphatic rings. The van der Waals surface area contributed by atoms with Crippen LogP contribution in [0, 0.1) is 0 Å². The summed E-state index contributed by atoms with van der Waals surface area (Å²) in [6.07, 6.45) is 3.74. The Labute approximate surface area is 130 Å². The van der Waals surface area contributed by atoms with Crippen LogP contribution in [0.15, 0.2) is 0 Å². The lowest BCUT2D eigenvalue weighted by Crippen LogP contribution is -2.50. The van der Waals surface area contributed by atoms with Gasteiger partial charge >= 0.3 is 5.97 Å². The van der Waals surface area contributed by atoms with Crippen molar-refractivity contribution >= 4 is 5.97 Å². The number of nitrogens with one attached hydrogen (secondary N) is 1. The van der Waals surface area contributed by atoms with E-state index in [0.717, 1.165) is 39.0 Å². The summed E-state index contributed by atoms with van der Waals surface area (Å²) < 4.78 is 5.19. The second kappa shape index (κ2) is 11.0. The van der Waals surface area contributed by atoms with Crippen molar-refractivity contribution in [2.75, 3.05) is 33.4 Å². The molecular formula is C16H34N2O3. The van der Waals surface area contributed by atoms with E-state index >= 15 is 0 Å². The van der Waals surface area contributed by atoms with E-state index in [-0.39, 0.29) is 0 Å². The number of ether oxygens (including phenoxy) is 1. The van der Waals surface area contributed by atoms with Gasteiger partial charge in [0, 0.05) is 19.7 Å². The zero-order valence-corrected chi connectivity index (χ0v) is 14.4. The highest BCUT2D eigenvalue weighted by atomic mass is 16.5. The first-order chi connectivity index (χ1) is 9.95. The highest BCUT2D eigenvalue weighted by Crippen LogP contribution is 2.16. The van der Waals surface area contributed by atoms with Gasteiger partial charge in [-0.25, -0.2) is 0 Å². The number of likely N-dealkylation sites (N-methyl/N-ethyl adjacent to an activating group) is 1. The molecular weight excluding hydrogens is 268 g/mol. The predicted molar refractivity (Wildman–Crippen MR) is 86.8 cm³/mol. The van der Waals surface area contributed by atoms with E-state index in [1.165, 1.54) is 0 Å². The number of rotatable bonds is 13. The first kappa shape index (κ1) is 20.3. The summed E-state index contributed by atoms with van der Waals surface area (Å²) >= 11 is 0. The molecule has 0 amide bonds. The SMILES string of the molecule is CCNC(C)(CCCN(CCOC)C(CC)CC)C(=O)O. The summed E-state index contributed by atoms with van der Waals surface area (Å²) in [5.41, 5.74) is -0.824. The molecule has 0 heterocycles. The van der Waals surface area contributed by atoms with Crippen LogP contribution < -0.4 is 5.32 Å². The minimum Gasteiger partial charge on any atom is -0.480 e. The number of hydrogen-bond acceptors (Lipinski definition) is 4. The number of carboxylic acids is 1. The molecule has 0 radical (unpaired) electrons. The van der Waals surface area contributed by atoms with Gasteiger partial charge in [0.05, 0.1) is 6.61 Å². The molecule has 0 rings (SSSR count). The Kier molecular flexibility index (Phi) is 10.6. The summed E-state index contributed by atoms with van der Waals surface area (Å²) in [7, 11) is 1.72. The van der Waals surface area contributed by atoms with Gasteiger partial charge in [-0.3, -0.25) is 9.69 Å². The predicted octanol–water partition coefficient (Wildman–Crippen LogP) is 2.36. The lowest BCUT2D eigenvalue weighted by molar-refractivity contribution is -0.144. The smallest absolute Gasteiger partial charge is 0.323 e. The number of methoxy groups -OCH3 is 1. The van der Waals surface area contributed by atoms with Crippen molar-refractivity contribution in [2.24, 2.45) is 0 Å². The van der Waals surface area contributed by atoms with Gasteiger partial charge in [-0.15, -0.1) is 0 Å². The molecule has 0 spiro atoms. The molecule has 5 heteroatoms. The highest BCUT2D eigenvalue weighted by Gasteiger charge is 2.31. The van der Waals surface area contributed by atoms with Crippen molar-refractivity contribution in [3.05, 3.63) is 0 Å². The third-order valence-corrected chi connectivity index (χ3v) is 4.20. The monoisotopic (exact) mass is 302 g/mol. The lowest BCUT2D eigenvalue weighted by atomic mass is 9.95. The molecule has 1 unspecified atom stereocenters. The van der Waals surface area contributed by atoms with Gasteiger partial charge < -0.3 is 15.2 Å². The molecule has 0 aromatic heterocycles. The molecule has 1 atom stereocenters. The van der Waals surface area contributed by atoms with E-state index in [1.807, 2.05) is 6.92 Å². The largest absolute Gasteiger partial charge is 0.480 e. The quantitative estimate of drug-likeness (QED) is 0.547. The summed E-state index contributed by atoms with van der Waals surface area (Å²) in [6, 6.07) is 0.551. The molecule has 21 heavy (non-hydrogen) atoms. The second-order valence-corrected chi connectivity index (χ2v) is 5.77. The first-order valence-corrected chi connectivity index (χ1v) is 8.16. The van der Waals surface area contributed by atoms with E-state index in [1.54, 1.807) is 14.0 Å². The van der Waals surface area contributed by atoms with Crippen LogP contribution in [0.5, 0.6) is 0 Å². The molecule has 2 N–H and O–H groups in total. The third-order valence-electron chi connectivity index (χ3n) is 4.20. The molecule has 0 fully saturated rings. The van der Waals surface area contributed by atoms with Crippen LogP contribution >= 0.6 is 0 Å². The fourth-order valence-corrected chi connectivity index (χ4v) is 2.79. The van der Waals surface area contributed by atoms with Crippen molar-refractivity contribution in [1.29, 1.82) is 0 Å². The zero-order valence-electron chi connectivity index (χ0n) is 14.4. The minimum atomic E-state index is -0.824. The summed E-state index contributed by atoms with van der Waals surface area (Å²) in [5, 5.41) is 12.5. The van der Waals surface area contributed by atoms with Crippen LogP contribution in [0.3, 0.4) is 0 Å². The maximum Gasteiger partial charge on any atom is 0.323 e. The molecule has 0 aliphatic carbocycles. The van der Waals surface area contributed by atoms with E-state index < -0.39 is 11.5 Å². The Morgan fingerprint density at radius 1 is 1.29 bits per heavy atom. The maximum atomic E-state index is 11.4. The first-order valence-electron chi connectivity index (χ1n) is 8.16. The molecule has 0 saturated heterocycles. The molecule has 0 aromatic carbocycles. The molecule has 0 aromatic rings. The van der Waals surface area contributed by atoms with Crippen LogP contribution in [0.4, 0.5) is 0 Å². The van der Waals surface area contributed by atoms with Crippen LogP contribution in [-0.2, 0) is 9.53 Å². The van der Waals surface area contributed by atoms with Gasteiger partial charge in [0.2, 0.25) is 0 Å². The number of carbonyl (C=O) groups is 1. The molecule has 0 saturated carbocycles. The van der Waals surface area contributed by atoms with Crippen molar-refractivity contribution in [3.63, 3.8) is 0 Å². The standard InChI is InChI=1S/C16H34N2O3/c1-6-14(7-2)18(12-13-21-5)11-9-10-16(4,15(19)20)17-8-3/h14,17H,6-13H2,1-5H3,(H,19,20). The number of hydrogen-bond donors (Lipinski definition) is 2. The van der Waals surface area contributed by atoms with Crippen LogP contribution in [0.1, 0.15) is 53.4 Å². The van der Waals surface area contributed by atoms with Crippen molar-refractivity contribution < 1.29 is 14.6 Å². The minimum absolute atomic E-state index is 0.551. The highest BCUT2D eigenvalue weighted by molar-refractivity contribution is 5.78. The molecule has 0 bridgehead atoms. The number of nitrogens with zero attached hydrogens (tertiary/aromatic N) is 1. The summed E-state index contributed by atoms with van der Waals surface area (Å²) in [4.78, 5) is 13.8. The van der Waals surface area contributed by atoms with E-state index in [9.17, 15) is 9.90 Å². The van der Waals surface area contributed by atoms with Gasteiger partial charge in [-0.05, 0) is 45.7 Å². The molecule has 126 valence electrons.